The highest BCUT2D eigenvalue weighted by Crippen LogP contribution is 2.22. The molecule has 4 saturated heterocycles. The number of rotatable bonds is 20. The van der Waals surface area contributed by atoms with Crippen molar-refractivity contribution in [3.63, 3.8) is 0 Å². The van der Waals surface area contributed by atoms with Gasteiger partial charge in [0.15, 0.2) is 69.6 Å². The van der Waals surface area contributed by atoms with Gasteiger partial charge in [-0.25, -0.2) is 52.7 Å². The number of likely N-dealkylation sites (N-methyl/N-ethyl adjacent to an activating group) is 3. The summed E-state index contributed by atoms with van der Waals surface area (Å²) < 4.78 is 121. The van der Waals surface area contributed by atoms with E-state index in [-0.39, 0.29) is 99.6 Å². The Hall–Kier alpha value is -6.93. The molecule has 0 bridgehead atoms. The molecule has 9 aromatic rings. The highest BCUT2D eigenvalue weighted by atomic mass is 79.9. The van der Waals surface area contributed by atoms with Crippen LogP contribution in [0.5, 0.6) is 0 Å². The van der Waals surface area contributed by atoms with Gasteiger partial charge in [-0.2, -0.15) is 0 Å². The van der Waals surface area contributed by atoms with Crippen LogP contribution in [0.25, 0.3) is 0 Å². The van der Waals surface area contributed by atoms with Crippen molar-refractivity contribution in [2.75, 3.05) is 213 Å². The van der Waals surface area contributed by atoms with E-state index in [1.807, 2.05) is 20.8 Å². The standard InChI is InChI=1S/C18H29N3.C17H26N3.C17H20N2.C16H24N2O.C15H21N2O.3C7H8O3S.5BrH/c1-21(2,3)18-9-11-20(15-18)13-12-19-10-8-16-6-4-5-7-17(16)14-19;1-18(2)17-8-10-20(14-17)12-11-19-9-7-15-5-3-4-6-16(15)13-19;1-18-10-6-15(7-11-18)8-12-19-13-9-16-4-2-3-5-17(16)14-19;1-18(10-12-19-13-11-18)9-8-17-7-6-15-4-2-3-5-16(15)14-17;1-2-4-15-13-17(6-5-14(15)3-1)8-7-16-9-11-18-12-10-16;3*1-6-2-4-7(5-3-6)11(8,9)10;;;;;/h4-7,14,18H,8-13,15H2,1-3H3;3-6,13,17H,7-12,14H2,1-2H3;2-7,10-11,14H,8-9,12-13H2,1H3;2-5,14H,6-13H2,1H3;1-4,13H,5-12H2;3*2-5H,1H3,(H,8,9,10);5*1H/q+2;+1;2*+2;+1;;;;;;;;/p-8. The Balaban J connectivity index is 0.000000238. The lowest BCUT2D eigenvalue weighted by molar-refractivity contribution is -0.923. The third-order valence-corrected chi connectivity index (χ3v) is 28.5. The van der Waals surface area contributed by atoms with Gasteiger partial charge in [-0.1, -0.05) is 144 Å². The Bertz CT molecular complexity index is 5490. The Labute approximate surface area is 858 Å². The third kappa shape index (κ3) is 39.9. The zero-order valence-corrected chi connectivity index (χ0v) is 90.7. The Morgan fingerprint density at radius 3 is 1.01 bits per heavy atom. The number of hydrogen-bond acceptors (Lipinski definition) is 15. The van der Waals surface area contributed by atoms with Gasteiger partial charge in [0.1, 0.15) is 102 Å². The largest absolute Gasteiger partial charge is 1.00 e. The van der Waals surface area contributed by atoms with Gasteiger partial charge in [0.2, 0.25) is 0 Å². The van der Waals surface area contributed by atoms with Crippen molar-refractivity contribution >= 4 is 61.4 Å². The molecule has 1 aromatic heterocycles. The maximum atomic E-state index is 10.4. The average Bonchev–Trinajstić information content (AvgIpc) is 1.79. The predicted octanol–water partition coefficient (Wildman–Crippen LogP) is -5.62. The highest BCUT2D eigenvalue weighted by Gasteiger charge is 2.34. The topological polar surface area (TPSA) is 222 Å². The summed E-state index contributed by atoms with van der Waals surface area (Å²) in [7, 11) is 2.97. The molecule has 2 unspecified atom stereocenters. The molecule has 0 N–H and O–H groups in total. The summed E-state index contributed by atoms with van der Waals surface area (Å²) in [6, 6.07) is 67.1. The monoisotopic (exact) mass is 2220 g/mol. The summed E-state index contributed by atoms with van der Waals surface area (Å²) in [6.45, 7) is 34.9. The van der Waals surface area contributed by atoms with E-state index in [9.17, 15) is 38.9 Å². The van der Waals surface area contributed by atoms with Crippen LogP contribution in [0, 0.1) is 20.8 Å². The maximum absolute atomic E-state index is 10.4. The Morgan fingerprint density at radius 1 is 0.393 bits per heavy atom. The van der Waals surface area contributed by atoms with Crippen molar-refractivity contribution in [3.05, 3.63) is 297 Å². The molecule has 2 atom stereocenters. The lowest BCUT2D eigenvalue weighted by Gasteiger charge is -2.36. The Morgan fingerprint density at radius 2 is 0.696 bits per heavy atom. The van der Waals surface area contributed by atoms with E-state index >= 15 is 0 Å². The first-order chi connectivity index (χ1) is 62.2. The number of pyridine rings is 1. The summed E-state index contributed by atoms with van der Waals surface area (Å²) >= 11 is 0. The van der Waals surface area contributed by atoms with Crippen LogP contribution in [0.1, 0.15) is 90.7 Å². The molecule has 9 aliphatic heterocycles. The number of likely N-dealkylation sites (tertiary alicyclic amines) is 2. The number of benzene rings is 8. The molecule has 0 spiro atoms. The maximum Gasteiger partial charge on any atom is 0.191 e. The fourth-order valence-electron chi connectivity index (χ4n) is 17.1. The minimum absolute atomic E-state index is 0. The van der Waals surface area contributed by atoms with E-state index in [1.54, 1.807) is 36.4 Å². The number of hydrogen-bond donors (Lipinski definition) is 0. The number of fused-ring (bicyclic) bond motifs is 5. The van der Waals surface area contributed by atoms with Gasteiger partial charge >= 0.3 is 0 Å². The van der Waals surface area contributed by atoms with Crippen LogP contribution in [0.2, 0.25) is 0 Å². The van der Waals surface area contributed by atoms with Gasteiger partial charge in [0, 0.05) is 117 Å². The zero-order chi connectivity index (χ0) is 92.7. The summed E-state index contributed by atoms with van der Waals surface area (Å²) in [6.07, 6.45) is 25.6. The van der Waals surface area contributed by atoms with Gasteiger partial charge in [-0.05, 0) is 148 Å². The number of halogens is 5. The van der Waals surface area contributed by atoms with E-state index in [0.717, 1.165) is 162 Å². The third-order valence-electron chi connectivity index (χ3n) is 25.9. The molecule has 0 aliphatic carbocycles. The predicted molar refractivity (Wildman–Crippen MR) is 516 cm³/mol. The molecule has 9 aliphatic rings. The van der Waals surface area contributed by atoms with E-state index < -0.39 is 30.4 Å². The average molecular weight is 2230 g/mol. The lowest BCUT2D eigenvalue weighted by atomic mass is 10.0. The molecular weight excluding hydrogens is 2090 g/mol. The molecule has 135 heavy (non-hydrogen) atoms. The lowest BCUT2D eigenvalue weighted by Crippen LogP contribution is -3.00. The summed E-state index contributed by atoms with van der Waals surface area (Å²) in [5.74, 6) is 0. The van der Waals surface area contributed by atoms with Gasteiger partial charge in [-0.15, -0.1) is 0 Å². The number of quaternary nitrogens is 2. The van der Waals surface area contributed by atoms with Crippen LogP contribution < -0.4 is 89.5 Å². The van der Waals surface area contributed by atoms with Crippen molar-refractivity contribution in [3.8, 4) is 0 Å². The number of morpholine rings is 2. The molecule has 31 heteroatoms. The highest BCUT2D eigenvalue weighted by molar-refractivity contribution is 7.86. The number of ether oxygens (including phenoxy) is 2. The van der Waals surface area contributed by atoms with Crippen LogP contribution >= 0.6 is 0 Å². The van der Waals surface area contributed by atoms with Crippen molar-refractivity contribution in [1.29, 1.82) is 0 Å². The second-order valence-corrected chi connectivity index (χ2v) is 41.1. The fraction of sp³-hybridized carbons (Fsp3) is 0.442. The van der Waals surface area contributed by atoms with Crippen molar-refractivity contribution < 1.29 is 170 Å². The second kappa shape index (κ2) is 57.7. The van der Waals surface area contributed by atoms with Crippen LogP contribution in [0.15, 0.2) is 233 Å². The quantitative estimate of drug-likeness (QED) is 0.0395. The molecule has 0 saturated carbocycles. The molecule has 4 fully saturated rings. The van der Waals surface area contributed by atoms with E-state index in [2.05, 4.69) is 273 Å². The van der Waals surface area contributed by atoms with Gasteiger partial charge < -0.3 is 122 Å². The minimum Gasteiger partial charge on any atom is -1.00 e. The first kappa shape index (κ1) is 117. The van der Waals surface area contributed by atoms with E-state index in [1.165, 1.54) is 195 Å². The molecule has 0 amide bonds. The van der Waals surface area contributed by atoms with Gasteiger partial charge in [-0.3, -0.25) is 14.7 Å². The number of aromatic nitrogens is 1. The van der Waals surface area contributed by atoms with E-state index in [0.29, 0.717) is 0 Å². The summed E-state index contributed by atoms with van der Waals surface area (Å²) in [5.41, 5.74) is 18.6. The fourth-order valence-corrected chi connectivity index (χ4v) is 18.5. The van der Waals surface area contributed by atoms with Crippen molar-refractivity contribution in [1.82, 2.24) is 19.6 Å². The summed E-state index contributed by atoms with van der Waals surface area (Å²) in [5, 5.41) is 0. The molecule has 10 heterocycles. The minimum atomic E-state index is -4.27. The van der Waals surface area contributed by atoms with Gasteiger partial charge in [0.05, 0.1) is 95.5 Å². The van der Waals surface area contributed by atoms with Crippen LogP contribution in [0.3, 0.4) is 0 Å². The summed E-state index contributed by atoms with van der Waals surface area (Å²) in [4.78, 5) is 9.58. The SMILES string of the molecule is C1=[N+](CCN2CCOCC2)CCc2ccccc21.CN(C)C1CCN(CC[N+]2=Cc3ccccc3CC2)C1.C[N+](C)(C)C1CCN(CC[N+]2=Cc3ccccc3CC2)C1.C[N+]1(CC[N+]2=Cc3ccccc3CC2)CCOCC1.C[n+]1ccc(CC[N+]2=Cc3ccccc3CC2)cc1.Cc1ccc(S(=O)(=O)[O-])cc1.Cc1ccc(S(=O)(=O)[O-])cc1.Cc1ccc(S(=O)(=O)[O-])cc1.[Br-].[Br-].[Br-].[Br-].[Br-]. The Kier molecular flexibility index (Phi) is 49.9. The smallest absolute Gasteiger partial charge is 0.191 e. The second-order valence-electron chi connectivity index (χ2n) is 36.9. The molecular formula is C104H141Br5N12O11S3. The normalized spacial score (nSPS) is 17.5. The number of nitrogens with zero attached hydrogens (tertiary/aromatic N) is 12. The molecule has 8 aromatic carbocycles. The molecule has 18 rings (SSSR count). The van der Waals surface area contributed by atoms with Crippen LogP contribution in [0.4, 0.5) is 0 Å². The van der Waals surface area contributed by atoms with Gasteiger partial charge in [0.25, 0.3) is 0 Å². The molecule has 0 radical (unpaired) electrons. The van der Waals surface area contributed by atoms with Crippen molar-refractivity contribution in [2.24, 2.45) is 7.05 Å². The van der Waals surface area contributed by atoms with Crippen LogP contribution in [-0.2, 0) is 85.4 Å². The number of aryl methyl sites for hydroxylation is 4. The van der Waals surface area contributed by atoms with Crippen LogP contribution in [-0.4, -0.2) is 346 Å². The molecule has 736 valence electrons. The zero-order valence-electron chi connectivity index (χ0n) is 80.3. The molecule has 23 nitrogen and oxygen atoms in total. The van der Waals surface area contributed by atoms with Crippen molar-refractivity contribution in [2.45, 2.75) is 98.9 Å². The first-order valence-corrected chi connectivity index (χ1v) is 50.4. The van der Waals surface area contributed by atoms with E-state index in [4.69, 9.17) is 9.47 Å². The first-order valence-electron chi connectivity index (χ1n) is 46.2.